The number of piperazine rings is 1. The molecule has 30 heavy (non-hydrogen) atoms. The second-order valence-electron chi connectivity index (χ2n) is 9.82. The van der Waals surface area contributed by atoms with E-state index in [1.807, 2.05) is 16.1 Å². The fourth-order valence-corrected chi connectivity index (χ4v) is 8.12. The average Bonchev–Trinajstić information content (AvgIpc) is 3.00. The molecule has 0 radical (unpaired) electrons. The van der Waals surface area contributed by atoms with Crippen LogP contribution in [0, 0.1) is 16.7 Å². The Hall–Kier alpha value is -1.03. The summed E-state index contributed by atoms with van der Waals surface area (Å²) >= 11 is -0.961. The minimum atomic E-state index is -4.39. The van der Waals surface area contributed by atoms with Crippen molar-refractivity contribution in [3.05, 3.63) is 23.9 Å². The Morgan fingerprint density at radius 2 is 1.83 bits per heavy atom. The molecule has 5 nitrogen and oxygen atoms in total. The Kier molecular flexibility index (Phi) is 5.36. The molecule has 1 aromatic rings. The van der Waals surface area contributed by atoms with Crippen molar-refractivity contribution < 1.29 is 22.8 Å². The van der Waals surface area contributed by atoms with Crippen molar-refractivity contribution in [3.63, 3.8) is 0 Å². The Morgan fingerprint density at radius 1 is 1.17 bits per heavy atom. The third-order valence-corrected chi connectivity index (χ3v) is 9.87. The van der Waals surface area contributed by atoms with Crippen LogP contribution >= 0.6 is 0 Å². The smallest absolute Gasteiger partial charge is 0.389 e. The second kappa shape index (κ2) is 7.25. The van der Waals surface area contributed by atoms with Gasteiger partial charge in [-0.1, -0.05) is 18.2 Å². The maximum Gasteiger partial charge on any atom is 0.417 e. The van der Waals surface area contributed by atoms with E-state index < -0.39 is 28.7 Å². The predicted molar refractivity (Wildman–Crippen MR) is 112 cm³/mol. The molecule has 1 aliphatic heterocycles. The summed E-state index contributed by atoms with van der Waals surface area (Å²) in [6, 6.07) is 2.47. The Bertz CT molecular complexity index is 779. The van der Waals surface area contributed by atoms with Crippen LogP contribution in [0.15, 0.2) is 18.3 Å². The predicted octanol–water partition coefficient (Wildman–Crippen LogP) is 3.81. The third kappa shape index (κ3) is 3.42. The number of hydrogen-bond acceptors (Lipinski definition) is 5. The summed E-state index contributed by atoms with van der Waals surface area (Å²) in [6.07, 6.45) is -0.670. The molecule has 2 N–H and O–H groups in total. The first-order chi connectivity index (χ1) is 13.9. The van der Waals surface area contributed by atoms with Gasteiger partial charge in [0.25, 0.3) is 0 Å². The zero-order chi connectivity index (χ0) is 21.9. The molecule has 1 aromatic heterocycles. The molecular formula is C21H31F3N3O2S+. The molecular weight excluding hydrogens is 415 g/mol. The fraction of sp³-hybridized carbons (Fsp3) is 0.762. The largest absolute Gasteiger partial charge is 0.417 e. The van der Waals surface area contributed by atoms with Gasteiger partial charge in [0.15, 0.2) is 5.75 Å². The summed E-state index contributed by atoms with van der Waals surface area (Å²) in [4.78, 5) is 5.94. The summed E-state index contributed by atoms with van der Waals surface area (Å²) in [6.45, 7) is 8.82. The summed E-state index contributed by atoms with van der Waals surface area (Å²) in [5, 5.41) is 11.2. The molecule has 0 amide bonds. The maximum atomic E-state index is 12.7. The van der Waals surface area contributed by atoms with Crippen LogP contribution in [-0.4, -0.2) is 56.5 Å². The Balaban J connectivity index is 1.39. The highest BCUT2D eigenvalue weighted by Gasteiger charge is 2.72. The molecule has 4 atom stereocenters. The van der Waals surface area contributed by atoms with E-state index in [0.717, 1.165) is 31.5 Å². The van der Waals surface area contributed by atoms with Crippen LogP contribution in [0.1, 0.15) is 45.6 Å². The van der Waals surface area contributed by atoms with Gasteiger partial charge in [0.1, 0.15) is 5.82 Å². The average molecular weight is 447 g/mol. The lowest BCUT2D eigenvalue weighted by molar-refractivity contribution is -0.137. The highest BCUT2D eigenvalue weighted by atomic mass is 32.2. The molecule has 2 unspecified atom stereocenters. The normalized spacial score (nSPS) is 35.1. The highest BCUT2D eigenvalue weighted by Crippen LogP contribution is 2.70. The van der Waals surface area contributed by atoms with Crippen molar-refractivity contribution in [2.45, 2.75) is 51.8 Å². The first kappa shape index (κ1) is 22.2. The number of hydrogen-bond donors (Lipinski definition) is 2. The van der Waals surface area contributed by atoms with Gasteiger partial charge in [0.05, 0.1) is 29.7 Å². The molecule has 2 aliphatic carbocycles. The third-order valence-electron chi connectivity index (χ3n) is 8.16. The van der Waals surface area contributed by atoms with Crippen LogP contribution in [0.25, 0.3) is 0 Å². The minimum absolute atomic E-state index is 0.00352. The lowest BCUT2D eigenvalue weighted by Gasteiger charge is -2.44. The minimum Gasteiger partial charge on any atom is -0.389 e. The van der Waals surface area contributed by atoms with Crippen molar-refractivity contribution in [1.82, 2.24) is 9.29 Å². The zero-order valence-corrected chi connectivity index (χ0v) is 18.6. The van der Waals surface area contributed by atoms with Gasteiger partial charge in [-0.2, -0.15) is 17.7 Å². The summed E-state index contributed by atoms with van der Waals surface area (Å²) in [5.74, 6) is 1.59. The number of fused-ring (bicyclic) bond motifs is 2. The standard InChI is InChI=1S/C21H31F3N3O2S/c1-18(2)15-6-7-20(18,19(3,28)12-15)14-30(29)27-10-8-26(9-11-27)17-5-4-16(13-25-17)21(22,23)24/h4-5,13,15,28-29H,6-12,14H2,1-3H3/q+1/t15-,19?,20+,30?/m1/s1. The van der Waals surface area contributed by atoms with Gasteiger partial charge < -0.3 is 10.0 Å². The van der Waals surface area contributed by atoms with E-state index in [4.69, 9.17) is 0 Å². The van der Waals surface area contributed by atoms with E-state index in [1.165, 1.54) is 6.07 Å². The zero-order valence-electron chi connectivity index (χ0n) is 17.7. The van der Waals surface area contributed by atoms with Gasteiger partial charge in [-0.05, 0) is 49.7 Å². The van der Waals surface area contributed by atoms with E-state index in [1.54, 1.807) is 0 Å². The fourth-order valence-electron chi connectivity index (χ4n) is 6.08. The van der Waals surface area contributed by atoms with Crippen molar-refractivity contribution in [1.29, 1.82) is 0 Å². The first-order valence-electron chi connectivity index (χ1n) is 10.5. The van der Waals surface area contributed by atoms with Gasteiger partial charge >= 0.3 is 6.18 Å². The second-order valence-corrected chi connectivity index (χ2v) is 11.3. The molecule has 3 aliphatic rings. The monoisotopic (exact) mass is 446 g/mol. The number of aliphatic hydroxyl groups is 1. The molecule has 4 rings (SSSR count). The molecule has 0 aromatic carbocycles. The maximum absolute atomic E-state index is 12.7. The summed E-state index contributed by atoms with van der Waals surface area (Å²) in [5.41, 5.74) is -1.80. The van der Waals surface area contributed by atoms with Crippen molar-refractivity contribution in [3.8, 4) is 0 Å². The lowest BCUT2D eigenvalue weighted by atomic mass is 9.65. The van der Waals surface area contributed by atoms with Crippen LogP contribution in [0.3, 0.4) is 0 Å². The van der Waals surface area contributed by atoms with Crippen LogP contribution in [0.5, 0.6) is 0 Å². The van der Waals surface area contributed by atoms with Gasteiger partial charge in [-0.15, -0.1) is 0 Å². The van der Waals surface area contributed by atoms with Crippen molar-refractivity contribution >= 4 is 17.2 Å². The highest BCUT2D eigenvalue weighted by molar-refractivity contribution is 7.89. The summed E-state index contributed by atoms with van der Waals surface area (Å²) in [7, 11) is 0. The number of aromatic nitrogens is 1. The van der Waals surface area contributed by atoms with E-state index >= 15 is 0 Å². The number of halogens is 3. The molecule has 168 valence electrons. The number of pyridine rings is 1. The molecule has 1 saturated heterocycles. The van der Waals surface area contributed by atoms with Crippen molar-refractivity contribution in [2.24, 2.45) is 16.7 Å². The van der Waals surface area contributed by atoms with E-state index in [0.29, 0.717) is 43.7 Å². The number of rotatable bonds is 4. The Morgan fingerprint density at radius 3 is 2.30 bits per heavy atom. The SMILES string of the molecule is CC1(O)C[C@H]2CC[C@]1(C[S+](O)N1CCN(c3ccc(C(F)(F)F)cn3)CC1)C2(C)C. The first-order valence-corrected chi connectivity index (χ1v) is 11.8. The van der Waals surface area contributed by atoms with Crippen LogP contribution in [0.2, 0.25) is 0 Å². The molecule has 9 heteroatoms. The van der Waals surface area contributed by atoms with E-state index in [2.05, 4.69) is 18.8 Å². The molecule has 2 heterocycles. The van der Waals surface area contributed by atoms with Gasteiger partial charge in [0.2, 0.25) is 11.4 Å². The van der Waals surface area contributed by atoms with Gasteiger partial charge in [-0.3, -0.25) is 0 Å². The Labute approximate surface area is 179 Å². The number of alkyl halides is 3. The number of anilines is 1. The molecule has 2 saturated carbocycles. The summed E-state index contributed by atoms with van der Waals surface area (Å²) < 4.78 is 51.3. The molecule has 3 fully saturated rings. The van der Waals surface area contributed by atoms with Crippen LogP contribution in [-0.2, 0) is 17.5 Å². The lowest BCUT2D eigenvalue weighted by Crippen LogP contribution is -2.56. The molecule has 0 spiro atoms. The van der Waals surface area contributed by atoms with Gasteiger partial charge in [-0.25, -0.2) is 4.98 Å². The number of nitrogens with zero attached hydrogens (tertiary/aromatic N) is 3. The quantitative estimate of drug-likeness (QED) is 0.689. The van der Waals surface area contributed by atoms with E-state index in [-0.39, 0.29) is 10.8 Å². The topological polar surface area (TPSA) is 59.8 Å². The van der Waals surface area contributed by atoms with Crippen molar-refractivity contribution in [2.75, 3.05) is 36.8 Å². The van der Waals surface area contributed by atoms with Gasteiger partial charge in [0, 0.05) is 19.3 Å². The van der Waals surface area contributed by atoms with E-state index in [9.17, 15) is 22.8 Å². The molecule has 2 bridgehead atoms. The van der Waals surface area contributed by atoms with Crippen LogP contribution < -0.4 is 4.90 Å². The van der Waals surface area contributed by atoms with Crippen LogP contribution in [0.4, 0.5) is 19.0 Å².